The molecule has 186 valence electrons. The number of anilines is 3. The molecule has 0 saturated heterocycles. The number of para-hydroxylation sites is 1. The Kier molecular flexibility index (Phi) is 8.42. The lowest BCUT2D eigenvalue weighted by Gasteiger charge is -2.24. The van der Waals surface area contributed by atoms with Crippen LogP contribution in [0.25, 0.3) is 0 Å². The number of nitrogens with one attached hydrogen (secondary N) is 2. The Balaban J connectivity index is 1.59. The fourth-order valence-electron chi connectivity index (χ4n) is 3.36. The zero-order valence-corrected chi connectivity index (χ0v) is 21.6. The third-order valence-corrected chi connectivity index (χ3v) is 7.89. The maximum atomic E-state index is 12.5. The Bertz CT molecular complexity index is 1390. The highest BCUT2D eigenvalue weighted by molar-refractivity contribution is 7.92. The van der Waals surface area contributed by atoms with Crippen LogP contribution in [0, 0.1) is 6.92 Å². The van der Waals surface area contributed by atoms with E-state index in [2.05, 4.69) is 10.0 Å². The van der Waals surface area contributed by atoms with Crippen molar-refractivity contribution in [2.24, 2.45) is 0 Å². The molecule has 0 aliphatic heterocycles. The zero-order chi connectivity index (χ0) is 25.6. The second kappa shape index (κ2) is 11.1. The van der Waals surface area contributed by atoms with Crippen molar-refractivity contribution in [3.8, 4) is 0 Å². The maximum Gasteiger partial charge on any atom is 0.261 e. The molecule has 0 fully saturated rings. The third-order valence-electron chi connectivity index (χ3n) is 5.08. The van der Waals surface area contributed by atoms with Gasteiger partial charge in [-0.2, -0.15) is 0 Å². The maximum absolute atomic E-state index is 12.5. The summed E-state index contributed by atoms with van der Waals surface area (Å²) in [6.45, 7) is 1.89. The summed E-state index contributed by atoms with van der Waals surface area (Å²) in [5.74, 6) is -0.320. The number of benzene rings is 3. The topological polar surface area (TPSA) is 113 Å². The molecule has 0 bridgehead atoms. The molecular formula is C24H26ClN3O5S2. The highest BCUT2D eigenvalue weighted by atomic mass is 35.5. The van der Waals surface area contributed by atoms with E-state index in [9.17, 15) is 21.6 Å². The van der Waals surface area contributed by atoms with Gasteiger partial charge in [0, 0.05) is 29.4 Å². The van der Waals surface area contributed by atoms with Gasteiger partial charge in [0.15, 0.2) is 0 Å². The standard InChI is InChI=1S/C24H26ClN3O5S2/c1-18-10-11-19(25)17-23(18)28(34(2,30)31)16-6-9-24(29)26-20-12-14-22(15-13-20)35(32,33)27-21-7-4-3-5-8-21/h3-5,7-8,10-15,17,27H,6,9,16H2,1-2H3,(H,26,29). The van der Waals surface area contributed by atoms with Crippen LogP contribution >= 0.6 is 11.6 Å². The fraction of sp³-hybridized carbons (Fsp3) is 0.208. The Morgan fingerprint density at radius 3 is 2.20 bits per heavy atom. The summed E-state index contributed by atoms with van der Waals surface area (Å²) >= 11 is 6.04. The van der Waals surface area contributed by atoms with E-state index in [1.54, 1.807) is 55.5 Å². The van der Waals surface area contributed by atoms with E-state index in [-0.39, 0.29) is 30.2 Å². The van der Waals surface area contributed by atoms with Crippen LogP contribution in [-0.2, 0) is 24.8 Å². The summed E-state index contributed by atoms with van der Waals surface area (Å²) in [5, 5.41) is 3.12. The molecule has 3 aromatic rings. The van der Waals surface area contributed by atoms with Crippen molar-refractivity contribution in [3.05, 3.63) is 83.4 Å². The molecule has 3 aromatic carbocycles. The molecule has 2 N–H and O–H groups in total. The molecule has 35 heavy (non-hydrogen) atoms. The van der Waals surface area contributed by atoms with Crippen molar-refractivity contribution in [1.29, 1.82) is 0 Å². The predicted molar refractivity (Wildman–Crippen MR) is 140 cm³/mol. The first-order chi connectivity index (χ1) is 16.5. The van der Waals surface area contributed by atoms with Gasteiger partial charge in [-0.3, -0.25) is 13.8 Å². The Morgan fingerprint density at radius 2 is 1.57 bits per heavy atom. The van der Waals surface area contributed by atoms with Gasteiger partial charge in [0.1, 0.15) is 0 Å². The van der Waals surface area contributed by atoms with Crippen LogP contribution < -0.4 is 14.3 Å². The molecule has 0 saturated carbocycles. The first-order valence-electron chi connectivity index (χ1n) is 10.7. The van der Waals surface area contributed by atoms with Crippen molar-refractivity contribution in [1.82, 2.24) is 0 Å². The van der Waals surface area contributed by atoms with Crippen molar-refractivity contribution in [2.45, 2.75) is 24.7 Å². The highest BCUT2D eigenvalue weighted by Crippen LogP contribution is 2.27. The number of sulfonamides is 2. The zero-order valence-electron chi connectivity index (χ0n) is 19.2. The average Bonchev–Trinajstić information content (AvgIpc) is 2.78. The summed E-state index contributed by atoms with van der Waals surface area (Å²) in [5.41, 5.74) is 2.10. The van der Waals surface area contributed by atoms with Gasteiger partial charge in [0.2, 0.25) is 15.9 Å². The van der Waals surface area contributed by atoms with E-state index in [0.717, 1.165) is 11.8 Å². The quantitative estimate of drug-likeness (QED) is 0.393. The first kappa shape index (κ1) is 26.5. The van der Waals surface area contributed by atoms with E-state index in [1.807, 2.05) is 0 Å². The minimum Gasteiger partial charge on any atom is -0.326 e. The van der Waals surface area contributed by atoms with Gasteiger partial charge in [-0.05, 0) is 67.4 Å². The smallest absolute Gasteiger partial charge is 0.261 e. The molecule has 0 aromatic heterocycles. The summed E-state index contributed by atoms with van der Waals surface area (Å²) in [6.07, 6.45) is 1.45. The number of halogens is 1. The van der Waals surface area contributed by atoms with Gasteiger partial charge >= 0.3 is 0 Å². The average molecular weight is 536 g/mol. The number of nitrogens with zero attached hydrogens (tertiary/aromatic N) is 1. The molecule has 0 aliphatic rings. The van der Waals surface area contributed by atoms with Gasteiger partial charge in [0.25, 0.3) is 10.0 Å². The summed E-state index contributed by atoms with van der Waals surface area (Å²) in [6, 6.07) is 19.3. The van der Waals surface area contributed by atoms with Gasteiger partial charge < -0.3 is 5.32 Å². The molecule has 11 heteroatoms. The van der Waals surface area contributed by atoms with Crippen LogP contribution in [0.15, 0.2) is 77.7 Å². The second-order valence-electron chi connectivity index (χ2n) is 7.91. The lowest BCUT2D eigenvalue weighted by atomic mass is 10.2. The highest BCUT2D eigenvalue weighted by Gasteiger charge is 2.20. The first-order valence-corrected chi connectivity index (χ1v) is 14.4. The number of carbonyl (C=O) groups is 1. The monoisotopic (exact) mass is 535 g/mol. The Labute approximate surface area is 211 Å². The van der Waals surface area contributed by atoms with Gasteiger partial charge in [-0.15, -0.1) is 0 Å². The number of hydrogen-bond acceptors (Lipinski definition) is 5. The Morgan fingerprint density at radius 1 is 0.914 bits per heavy atom. The molecule has 3 rings (SSSR count). The number of rotatable bonds is 10. The molecular weight excluding hydrogens is 510 g/mol. The lowest BCUT2D eigenvalue weighted by Crippen LogP contribution is -2.32. The van der Waals surface area contributed by atoms with Crippen molar-refractivity contribution in [3.63, 3.8) is 0 Å². The van der Waals surface area contributed by atoms with Crippen molar-refractivity contribution < 1.29 is 21.6 Å². The van der Waals surface area contributed by atoms with E-state index in [4.69, 9.17) is 11.6 Å². The van der Waals surface area contributed by atoms with Crippen LogP contribution in [0.4, 0.5) is 17.1 Å². The van der Waals surface area contributed by atoms with E-state index in [0.29, 0.717) is 22.1 Å². The molecule has 0 aliphatic carbocycles. The number of hydrogen-bond donors (Lipinski definition) is 2. The van der Waals surface area contributed by atoms with E-state index >= 15 is 0 Å². The number of amides is 1. The lowest BCUT2D eigenvalue weighted by molar-refractivity contribution is -0.116. The van der Waals surface area contributed by atoms with Gasteiger partial charge in [0.05, 0.1) is 16.8 Å². The van der Waals surface area contributed by atoms with E-state index in [1.165, 1.54) is 28.6 Å². The minimum atomic E-state index is -3.76. The molecule has 1 amide bonds. The van der Waals surface area contributed by atoms with Crippen molar-refractivity contribution in [2.75, 3.05) is 27.1 Å². The summed E-state index contributed by atoms with van der Waals surface area (Å²) < 4.78 is 53.4. The fourth-order valence-corrected chi connectivity index (χ4v) is 5.60. The van der Waals surface area contributed by atoms with Crippen LogP contribution in [0.3, 0.4) is 0 Å². The van der Waals surface area contributed by atoms with Crippen LogP contribution in [0.1, 0.15) is 18.4 Å². The van der Waals surface area contributed by atoms with Crippen LogP contribution in [-0.4, -0.2) is 35.5 Å². The van der Waals surface area contributed by atoms with Crippen LogP contribution in [0.5, 0.6) is 0 Å². The molecule has 0 unspecified atom stereocenters. The third kappa shape index (κ3) is 7.45. The SMILES string of the molecule is Cc1ccc(Cl)cc1N(CCCC(=O)Nc1ccc(S(=O)(=O)Nc2ccccc2)cc1)S(C)(=O)=O. The normalized spacial score (nSPS) is 11.6. The number of carbonyl (C=O) groups excluding carboxylic acids is 1. The van der Waals surface area contributed by atoms with E-state index < -0.39 is 20.0 Å². The second-order valence-corrected chi connectivity index (χ2v) is 11.9. The molecule has 0 radical (unpaired) electrons. The summed E-state index contributed by atoms with van der Waals surface area (Å²) in [4.78, 5) is 12.4. The molecule has 0 heterocycles. The van der Waals surface area contributed by atoms with Crippen LogP contribution in [0.2, 0.25) is 5.02 Å². The largest absolute Gasteiger partial charge is 0.326 e. The predicted octanol–water partition coefficient (Wildman–Crippen LogP) is 4.63. The molecule has 0 atom stereocenters. The van der Waals surface area contributed by atoms with Gasteiger partial charge in [-0.1, -0.05) is 35.9 Å². The summed E-state index contributed by atoms with van der Waals surface area (Å²) in [7, 11) is -7.34. The van der Waals surface area contributed by atoms with Crippen molar-refractivity contribution >= 4 is 54.6 Å². The molecule has 0 spiro atoms. The molecule has 8 nitrogen and oxygen atoms in total. The minimum absolute atomic E-state index is 0.0556. The Hall–Kier alpha value is -3.08. The number of aryl methyl sites for hydroxylation is 1. The van der Waals surface area contributed by atoms with Gasteiger partial charge in [-0.25, -0.2) is 16.8 Å².